The molecule has 0 unspecified atom stereocenters. The first-order valence-corrected chi connectivity index (χ1v) is 10.3. The van der Waals surface area contributed by atoms with Gasteiger partial charge in [0.15, 0.2) is 9.84 Å². The number of nitrogens with two attached hydrogens (primary N) is 1. The van der Waals surface area contributed by atoms with Crippen molar-refractivity contribution in [1.29, 1.82) is 0 Å². The first kappa shape index (κ1) is 19.6. The molecule has 146 valence electrons. The van der Waals surface area contributed by atoms with E-state index in [0.29, 0.717) is 16.9 Å². The SMILES string of the molecule is Cc1cc(Nc2n[nH]c(N)n2)cc(Cl)c1C(=O)Nc1cccc(S(C)(=O)=O)c1. The minimum atomic E-state index is -3.38. The van der Waals surface area contributed by atoms with Gasteiger partial charge in [-0.2, -0.15) is 4.98 Å². The molecule has 0 spiro atoms. The van der Waals surface area contributed by atoms with Crippen molar-refractivity contribution in [3.8, 4) is 0 Å². The highest BCUT2D eigenvalue weighted by molar-refractivity contribution is 7.90. The Balaban J connectivity index is 1.84. The van der Waals surface area contributed by atoms with Gasteiger partial charge in [-0.05, 0) is 42.8 Å². The van der Waals surface area contributed by atoms with E-state index in [2.05, 4.69) is 25.8 Å². The Morgan fingerprint density at radius 2 is 1.96 bits per heavy atom. The number of aromatic amines is 1. The Morgan fingerprint density at radius 1 is 1.21 bits per heavy atom. The van der Waals surface area contributed by atoms with E-state index in [9.17, 15) is 13.2 Å². The summed E-state index contributed by atoms with van der Waals surface area (Å²) in [5.74, 6) is -0.0257. The van der Waals surface area contributed by atoms with E-state index in [4.69, 9.17) is 17.3 Å². The number of H-pyrrole nitrogens is 1. The van der Waals surface area contributed by atoms with Crippen LogP contribution < -0.4 is 16.4 Å². The summed E-state index contributed by atoms with van der Waals surface area (Å²) in [6.07, 6.45) is 1.10. The molecule has 28 heavy (non-hydrogen) atoms. The standard InChI is InChI=1S/C17H17ClN6O3S/c1-9-6-11(21-17-22-16(19)23-24-17)8-13(18)14(9)15(25)20-10-4-3-5-12(7-10)28(2,26)27/h3-8H,1-2H3,(H,20,25)(H4,19,21,22,23,24). The lowest BCUT2D eigenvalue weighted by Crippen LogP contribution is -2.14. The van der Waals surface area contributed by atoms with Crippen LogP contribution in [0.3, 0.4) is 0 Å². The quantitative estimate of drug-likeness (QED) is 0.496. The van der Waals surface area contributed by atoms with Gasteiger partial charge in [-0.3, -0.25) is 4.79 Å². The molecule has 0 saturated carbocycles. The highest BCUT2D eigenvalue weighted by atomic mass is 35.5. The normalized spacial score (nSPS) is 11.2. The Kier molecular flexibility index (Phi) is 5.25. The number of anilines is 4. The topological polar surface area (TPSA) is 143 Å². The lowest BCUT2D eigenvalue weighted by atomic mass is 10.1. The number of hydrogen-bond acceptors (Lipinski definition) is 7. The molecular weight excluding hydrogens is 404 g/mol. The number of sulfone groups is 1. The van der Waals surface area contributed by atoms with Gasteiger partial charge in [0.05, 0.1) is 15.5 Å². The van der Waals surface area contributed by atoms with Crippen LogP contribution in [0.25, 0.3) is 0 Å². The van der Waals surface area contributed by atoms with Crippen molar-refractivity contribution in [1.82, 2.24) is 15.2 Å². The molecule has 0 aliphatic heterocycles. The molecule has 1 heterocycles. The predicted octanol–water partition coefficient (Wildman–Crippen LogP) is 2.75. The summed E-state index contributed by atoms with van der Waals surface area (Å²) in [7, 11) is -3.38. The van der Waals surface area contributed by atoms with Crippen LogP contribution >= 0.6 is 11.6 Å². The number of carbonyl (C=O) groups excluding carboxylic acids is 1. The van der Waals surface area contributed by atoms with Crippen LogP contribution in [0.2, 0.25) is 5.02 Å². The van der Waals surface area contributed by atoms with Crippen molar-refractivity contribution < 1.29 is 13.2 Å². The van der Waals surface area contributed by atoms with Crippen molar-refractivity contribution in [2.45, 2.75) is 11.8 Å². The van der Waals surface area contributed by atoms with Crippen LogP contribution in [0.5, 0.6) is 0 Å². The molecule has 0 bridgehead atoms. The van der Waals surface area contributed by atoms with Crippen molar-refractivity contribution in [3.05, 3.63) is 52.5 Å². The van der Waals surface area contributed by atoms with Crippen molar-refractivity contribution >= 4 is 50.6 Å². The maximum atomic E-state index is 12.7. The van der Waals surface area contributed by atoms with Crippen LogP contribution in [0, 0.1) is 6.92 Å². The summed E-state index contributed by atoms with van der Waals surface area (Å²) in [6, 6.07) is 9.26. The van der Waals surface area contributed by atoms with E-state index in [0.717, 1.165) is 6.26 Å². The van der Waals surface area contributed by atoms with Gasteiger partial charge >= 0.3 is 0 Å². The van der Waals surface area contributed by atoms with E-state index in [1.54, 1.807) is 31.2 Å². The first-order valence-electron chi connectivity index (χ1n) is 8.00. The molecule has 0 saturated heterocycles. The molecule has 0 atom stereocenters. The number of nitrogens with one attached hydrogen (secondary N) is 3. The van der Waals surface area contributed by atoms with Gasteiger partial charge < -0.3 is 16.4 Å². The Labute approximate surface area is 166 Å². The molecule has 1 aromatic heterocycles. The number of benzene rings is 2. The van der Waals surface area contributed by atoms with Gasteiger partial charge in [0.25, 0.3) is 5.91 Å². The Hall–Kier alpha value is -3.11. The molecule has 0 aliphatic rings. The summed E-state index contributed by atoms with van der Waals surface area (Å²) < 4.78 is 23.4. The van der Waals surface area contributed by atoms with E-state index >= 15 is 0 Å². The molecule has 11 heteroatoms. The third-order valence-electron chi connectivity index (χ3n) is 3.79. The Bertz CT molecular complexity index is 1140. The maximum absolute atomic E-state index is 12.7. The minimum Gasteiger partial charge on any atom is -0.368 e. The monoisotopic (exact) mass is 420 g/mol. The highest BCUT2D eigenvalue weighted by Gasteiger charge is 2.17. The largest absolute Gasteiger partial charge is 0.368 e. The highest BCUT2D eigenvalue weighted by Crippen LogP contribution is 2.27. The number of aromatic nitrogens is 3. The number of nitrogens with zero attached hydrogens (tertiary/aromatic N) is 2. The van der Waals surface area contributed by atoms with Gasteiger partial charge in [0.1, 0.15) is 0 Å². The number of rotatable bonds is 5. The number of carbonyl (C=O) groups is 1. The van der Waals surface area contributed by atoms with Gasteiger partial charge in [0.2, 0.25) is 11.9 Å². The summed E-state index contributed by atoms with van der Waals surface area (Å²) in [6.45, 7) is 1.73. The summed E-state index contributed by atoms with van der Waals surface area (Å²) in [5, 5.41) is 12.2. The van der Waals surface area contributed by atoms with Crippen LogP contribution in [-0.4, -0.2) is 35.8 Å². The molecule has 3 rings (SSSR count). The number of hydrogen-bond donors (Lipinski definition) is 4. The first-order chi connectivity index (χ1) is 13.1. The maximum Gasteiger partial charge on any atom is 0.257 e. The molecule has 1 amide bonds. The molecule has 3 aromatic rings. The zero-order chi connectivity index (χ0) is 20.5. The molecule has 0 aliphatic carbocycles. The second-order valence-electron chi connectivity index (χ2n) is 6.07. The van der Waals surface area contributed by atoms with E-state index in [1.807, 2.05) is 0 Å². The van der Waals surface area contributed by atoms with Gasteiger partial charge in [0, 0.05) is 17.6 Å². The van der Waals surface area contributed by atoms with Crippen molar-refractivity contribution in [3.63, 3.8) is 0 Å². The van der Waals surface area contributed by atoms with E-state index in [1.165, 1.54) is 12.1 Å². The number of aryl methyl sites for hydroxylation is 1. The molecular formula is C17H17ClN6O3S. The van der Waals surface area contributed by atoms with Crippen molar-refractivity contribution in [2.75, 3.05) is 22.6 Å². The van der Waals surface area contributed by atoms with Gasteiger partial charge in [-0.25, -0.2) is 13.5 Å². The average Bonchev–Trinajstić information content (AvgIpc) is 2.98. The van der Waals surface area contributed by atoms with Gasteiger partial charge in [-0.1, -0.05) is 17.7 Å². The van der Waals surface area contributed by atoms with E-state index in [-0.39, 0.29) is 27.4 Å². The van der Waals surface area contributed by atoms with Crippen LogP contribution in [0.4, 0.5) is 23.3 Å². The average molecular weight is 421 g/mol. The van der Waals surface area contributed by atoms with Crippen LogP contribution in [0.15, 0.2) is 41.3 Å². The lowest BCUT2D eigenvalue weighted by Gasteiger charge is -2.12. The number of halogens is 1. The van der Waals surface area contributed by atoms with Crippen LogP contribution in [0.1, 0.15) is 15.9 Å². The molecule has 0 fully saturated rings. The lowest BCUT2D eigenvalue weighted by molar-refractivity contribution is 0.102. The fourth-order valence-electron chi connectivity index (χ4n) is 2.56. The summed E-state index contributed by atoms with van der Waals surface area (Å²) >= 11 is 6.30. The predicted molar refractivity (Wildman–Crippen MR) is 108 cm³/mol. The second kappa shape index (κ2) is 7.49. The molecule has 5 N–H and O–H groups in total. The van der Waals surface area contributed by atoms with Gasteiger partial charge in [-0.15, -0.1) is 5.10 Å². The van der Waals surface area contributed by atoms with Crippen LogP contribution in [-0.2, 0) is 9.84 Å². The molecule has 0 radical (unpaired) electrons. The zero-order valence-corrected chi connectivity index (χ0v) is 16.5. The Morgan fingerprint density at radius 3 is 2.57 bits per heavy atom. The molecule has 2 aromatic carbocycles. The van der Waals surface area contributed by atoms with E-state index < -0.39 is 15.7 Å². The summed E-state index contributed by atoms with van der Waals surface area (Å²) in [5.41, 5.74) is 7.29. The van der Waals surface area contributed by atoms with Crippen molar-refractivity contribution in [2.24, 2.45) is 0 Å². The smallest absolute Gasteiger partial charge is 0.257 e. The zero-order valence-electron chi connectivity index (χ0n) is 14.9. The second-order valence-corrected chi connectivity index (χ2v) is 8.50. The minimum absolute atomic E-state index is 0.110. The number of amides is 1. The summed E-state index contributed by atoms with van der Waals surface area (Å²) in [4.78, 5) is 16.7. The fourth-order valence-corrected chi connectivity index (χ4v) is 3.58. The third-order valence-corrected chi connectivity index (χ3v) is 5.20. The number of nitrogen functional groups attached to an aromatic ring is 1. The third kappa shape index (κ3) is 4.41. The molecule has 9 nitrogen and oxygen atoms in total. The fraction of sp³-hybridized carbons (Fsp3) is 0.118.